The van der Waals surface area contributed by atoms with Gasteiger partial charge in [-0.15, -0.1) is 10.2 Å². The van der Waals surface area contributed by atoms with Gasteiger partial charge in [0, 0.05) is 39.3 Å². The molecule has 40 heavy (non-hydrogen) atoms. The lowest BCUT2D eigenvalue weighted by molar-refractivity contribution is -0.192. The molecule has 2 N–H and O–H groups in total. The van der Waals surface area contributed by atoms with Gasteiger partial charge in [0.15, 0.2) is 5.82 Å². The molecule has 1 aromatic heterocycles. The number of halogens is 3. The van der Waals surface area contributed by atoms with Crippen LogP contribution in [0.1, 0.15) is 65.7 Å². The summed E-state index contributed by atoms with van der Waals surface area (Å²) < 4.78 is 33.7. The van der Waals surface area contributed by atoms with Crippen LogP contribution in [0.25, 0.3) is 0 Å². The number of rotatable bonds is 5. The van der Waals surface area contributed by atoms with Crippen molar-refractivity contribution in [2.75, 3.05) is 32.7 Å². The molecule has 0 spiro atoms. The second kappa shape index (κ2) is 12.8. The second-order valence-electron chi connectivity index (χ2n) is 10.6. The largest absolute Gasteiger partial charge is 0.490 e. The number of amides is 2. The molecule has 5 rings (SSSR count). The van der Waals surface area contributed by atoms with E-state index in [1.807, 2.05) is 33.7 Å². The summed E-state index contributed by atoms with van der Waals surface area (Å²) in [6, 6.07) is 8.13. The van der Waals surface area contributed by atoms with E-state index in [1.165, 1.54) is 37.7 Å². The number of benzene rings is 1. The van der Waals surface area contributed by atoms with Crippen LogP contribution >= 0.6 is 0 Å². The fourth-order valence-corrected chi connectivity index (χ4v) is 5.44. The maximum Gasteiger partial charge on any atom is 0.490 e. The predicted molar refractivity (Wildman–Crippen MR) is 138 cm³/mol. The maximum absolute atomic E-state index is 13.0. The number of hydrogen-bond donors (Lipinski definition) is 2. The highest BCUT2D eigenvalue weighted by Gasteiger charge is 2.39. The standard InChI is InChI=1S/C25H34N6O2.C2HF3O2/c1-18-7-9-19(10-8-18)15-22(32)30-12-11-29-13-14-31-23(21(29)17-30)27-28-24(31)25(33)26-16-20-5-3-2-4-6-20;3-2(4,5)1(6)7/h7-10,20-21H,2-6,11-17H2,1H3,(H,26,33);(H,6,7). The van der Waals surface area contributed by atoms with Crippen LogP contribution in [0.15, 0.2) is 24.3 Å². The molecular weight excluding hydrogens is 529 g/mol. The summed E-state index contributed by atoms with van der Waals surface area (Å²) in [5, 5.41) is 18.9. The number of fused-ring (bicyclic) bond motifs is 3. The molecule has 1 aromatic carbocycles. The lowest BCUT2D eigenvalue weighted by Crippen LogP contribution is -2.54. The third kappa shape index (κ3) is 7.38. The third-order valence-corrected chi connectivity index (χ3v) is 7.73. The molecule has 2 fully saturated rings. The molecule has 10 nitrogen and oxygen atoms in total. The van der Waals surface area contributed by atoms with Gasteiger partial charge in [-0.05, 0) is 31.2 Å². The molecule has 0 radical (unpaired) electrons. The van der Waals surface area contributed by atoms with Crippen molar-refractivity contribution in [1.29, 1.82) is 0 Å². The zero-order valence-electron chi connectivity index (χ0n) is 22.5. The van der Waals surface area contributed by atoms with Gasteiger partial charge in [-0.1, -0.05) is 49.1 Å². The first-order valence-electron chi connectivity index (χ1n) is 13.6. The molecule has 1 saturated carbocycles. The summed E-state index contributed by atoms with van der Waals surface area (Å²) in [7, 11) is 0. The predicted octanol–water partition coefficient (Wildman–Crippen LogP) is 2.97. The first-order chi connectivity index (χ1) is 19.0. The lowest BCUT2D eigenvalue weighted by atomic mass is 9.89. The van der Waals surface area contributed by atoms with Gasteiger partial charge in [-0.25, -0.2) is 4.79 Å². The SMILES string of the molecule is Cc1ccc(CC(=O)N2CCN3CCn4c(C(=O)NCC5CCCCC5)nnc4C3C2)cc1.O=C(O)C(F)(F)F. The lowest BCUT2D eigenvalue weighted by Gasteiger charge is -2.43. The van der Waals surface area contributed by atoms with Crippen molar-refractivity contribution in [3.8, 4) is 0 Å². The molecule has 2 aromatic rings. The summed E-state index contributed by atoms with van der Waals surface area (Å²) in [5.41, 5.74) is 2.23. The number of piperazine rings is 1. The van der Waals surface area contributed by atoms with Crippen LogP contribution in [0.2, 0.25) is 0 Å². The quantitative estimate of drug-likeness (QED) is 0.573. The van der Waals surface area contributed by atoms with Crippen LogP contribution in [-0.2, 0) is 22.6 Å². The first-order valence-corrected chi connectivity index (χ1v) is 13.6. The highest BCUT2D eigenvalue weighted by molar-refractivity contribution is 5.90. The minimum atomic E-state index is -5.08. The van der Waals surface area contributed by atoms with Crippen LogP contribution in [0.5, 0.6) is 0 Å². The van der Waals surface area contributed by atoms with Crippen LogP contribution in [0.4, 0.5) is 13.2 Å². The van der Waals surface area contributed by atoms with Crippen molar-refractivity contribution in [2.24, 2.45) is 5.92 Å². The van der Waals surface area contributed by atoms with E-state index in [-0.39, 0.29) is 17.9 Å². The molecule has 2 amide bonds. The minimum Gasteiger partial charge on any atom is -0.475 e. The van der Waals surface area contributed by atoms with Crippen molar-refractivity contribution >= 4 is 17.8 Å². The Labute approximate surface area is 230 Å². The van der Waals surface area contributed by atoms with Gasteiger partial charge < -0.3 is 19.9 Å². The van der Waals surface area contributed by atoms with E-state index in [0.717, 1.165) is 37.6 Å². The van der Waals surface area contributed by atoms with Crippen molar-refractivity contribution in [1.82, 2.24) is 29.9 Å². The molecule has 3 heterocycles. The average Bonchev–Trinajstić information content (AvgIpc) is 3.38. The second-order valence-corrected chi connectivity index (χ2v) is 10.6. The number of nitrogens with one attached hydrogen (secondary N) is 1. The summed E-state index contributed by atoms with van der Waals surface area (Å²) >= 11 is 0. The van der Waals surface area contributed by atoms with E-state index in [0.29, 0.717) is 31.3 Å². The van der Waals surface area contributed by atoms with Crippen LogP contribution in [0, 0.1) is 12.8 Å². The number of nitrogens with zero attached hydrogens (tertiary/aromatic N) is 5. The molecule has 1 saturated heterocycles. The number of carbonyl (C=O) groups is 3. The fraction of sp³-hybridized carbons (Fsp3) is 0.593. The summed E-state index contributed by atoms with van der Waals surface area (Å²) in [5.74, 6) is -0.960. The number of carboxylic acids is 1. The number of hydrogen-bond acceptors (Lipinski definition) is 6. The van der Waals surface area contributed by atoms with Crippen molar-refractivity contribution < 1.29 is 32.7 Å². The zero-order chi connectivity index (χ0) is 28.9. The van der Waals surface area contributed by atoms with E-state index < -0.39 is 12.1 Å². The first kappa shape index (κ1) is 29.5. The topological polar surface area (TPSA) is 121 Å². The number of alkyl halides is 3. The van der Waals surface area contributed by atoms with E-state index in [9.17, 15) is 22.8 Å². The van der Waals surface area contributed by atoms with Crippen LogP contribution in [-0.4, -0.2) is 86.4 Å². The molecule has 1 unspecified atom stereocenters. The third-order valence-electron chi connectivity index (χ3n) is 7.73. The number of aromatic nitrogens is 3. The summed E-state index contributed by atoms with van der Waals surface area (Å²) in [6.45, 7) is 6.46. The monoisotopic (exact) mass is 564 g/mol. The summed E-state index contributed by atoms with van der Waals surface area (Å²) in [4.78, 5) is 39.1. The van der Waals surface area contributed by atoms with Crippen molar-refractivity contribution in [3.05, 3.63) is 47.0 Å². The molecule has 2 aliphatic heterocycles. The highest BCUT2D eigenvalue weighted by atomic mass is 19.4. The average molecular weight is 565 g/mol. The number of carboxylic acid groups (broad SMARTS) is 1. The van der Waals surface area contributed by atoms with Gasteiger partial charge in [0.1, 0.15) is 0 Å². The van der Waals surface area contributed by atoms with E-state index >= 15 is 0 Å². The van der Waals surface area contributed by atoms with Gasteiger partial charge >= 0.3 is 12.1 Å². The molecular formula is C27H35F3N6O4. The van der Waals surface area contributed by atoms with Gasteiger partial charge in [0.25, 0.3) is 5.91 Å². The Balaban J connectivity index is 0.000000470. The highest BCUT2D eigenvalue weighted by Crippen LogP contribution is 2.29. The molecule has 1 atom stereocenters. The van der Waals surface area contributed by atoms with Crippen LogP contribution < -0.4 is 5.32 Å². The van der Waals surface area contributed by atoms with Gasteiger partial charge in [-0.2, -0.15) is 13.2 Å². The molecule has 3 aliphatic rings. The Hall–Kier alpha value is -3.48. The summed E-state index contributed by atoms with van der Waals surface area (Å²) in [6.07, 6.45) is 1.55. The Morgan fingerprint density at radius 1 is 1.00 bits per heavy atom. The normalized spacial score (nSPS) is 19.6. The Morgan fingerprint density at radius 3 is 2.30 bits per heavy atom. The molecule has 0 bridgehead atoms. The van der Waals surface area contributed by atoms with Gasteiger partial charge in [0.05, 0.1) is 12.5 Å². The Bertz CT molecular complexity index is 1190. The van der Waals surface area contributed by atoms with Gasteiger partial charge in [0.2, 0.25) is 11.7 Å². The number of aliphatic carboxylic acids is 1. The fourth-order valence-electron chi connectivity index (χ4n) is 5.44. The Kier molecular flexibility index (Phi) is 9.44. The molecule has 218 valence electrons. The van der Waals surface area contributed by atoms with Crippen LogP contribution in [0.3, 0.4) is 0 Å². The van der Waals surface area contributed by atoms with Crippen molar-refractivity contribution in [2.45, 2.75) is 64.2 Å². The minimum absolute atomic E-state index is 0.0122. The smallest absolute Gasteiger partial charge is 0.475 e. The molecule has 13 heteroatoms. The van der Waals surface area contributed by atoms with Gasteiger partial charge in [-0.3, -0.25) is 14.5 Å². The maximum atomic E-state index is 13.0. The van der Waals surface area contributed by atoms with Crippen molar-refractivity contribution in [3.63, 3.8) is 0 Å². The van der Waals surface area contributed by atoms with E-state index in [4.69, 9.17) is 9.90 Å². The zero-order valence-corrected chi connectivity index (χ0v) is 22.5. The Morgan fingerprint density at radius 2 is 1.65 bits per heavy atom. The number of aryl methyl sites for hydroxylation is 1. The van der Waals surface area contributed by atoms with E-state index in [2.05, 4.69) is 27.3 Å². The number of carbonyl (C=O) groups excluding carboxylic acids is 2. The van der Waals surface area contributed by atoms with E-state index in [1.54, 1.807) is 0 Å². The molecule has 1 aliphatic carbocycles.